The Labute approximate surface area is 175 Å². The second-order valence-electron chi connectivity index (χ2n) is 7.20. The van der Waals surface area contributed by atoms with Gasteiger partial charge in [0.1, 0.15) is 4.83 Å². The zero-order valence-corrected chi connectivity index (χ0v) is 18.0. The van der Waals surface area contributed by atoms with E-state index in [1.165, 1.54) is 16.6 Å². The number of aromatic amines is 1. The van der Waals surface area contributed by atoms with Gasteiger partial charge in [0.15, 0.2) is 5.16 Å². The van der Waals surface area contributed by atoms with Gasteiger partial charge in [-0.15, -0.1) is 11.3 Å². The second kappa shape index (κ2) is 7.89. The van der Waals surface area contributed by atoms with E-state index in [0.717, 1.165) is 40.6 Å². The van der Waals surface area contributed by atoms with Crippen LogP contribution in [0.2, 0.25) is 5.02 Å². The molecule has 1 aliphatic carbocycles. The summed E-state index contributed by atoms with van der Waals surface area (Å²) in [5.41, 5.74) is 2.69. The summed E-state index contributed by atoms with van der Waals surface area (Å²) in [5, 5.41) is 4.63. The Kier molecular flexibility index (Phi) is 5.49. The van der Waals surface area contributed by atoms with Crippen LogP contribution in [-0.4, -0.2) is 21.6 Å². The number of H-pyrrole nitrogens is 1. The highest BCUT2D eigenvalue weighted by molar-refractivity contribution is 7.99. The Morgan fingerprint density at radius 3 is 3.11 bits per heavy atom. The number of aromatic nitrogens is 2. The van der Waals surface area contributed by atoms with E-state index in [0.29, 0.717) is 21.8 Å². The molecule has 1 atom stereocenters. The first-order valence-corrected chi connectivity index (χ1v) is 11.3. The van der Waals surface area contributed by atoms with E-state index in [-0.39, 0.29) is 17.2 Å². The molecule has 0 fully saturated rings. The summed E-state index contributed by atoms with van der Waals surface area (Å²) < 4.78 is 0. The van der Waals surface area contributed by atoms with Crippen LogP contribution in [0.1, 0.15) is 29.3 Å². The first-order valence-electron chi connectivity index (χ1n) is 9.14. The van der Waals surface area contributed by atoms with E-state index >= 15 is 0 Å². The molecule has 146 valence electrons. The van der Waals surface area contributed by atoms with Gasteiger partial charge in [-0.1, -0.05) is 36.4 Å². The molecule has 5 nitrogen and oxygen atoms in total. The monoisotopic (exact) mass is 433 g/mol. The third-order valence-corrected chi connectivity index (χ3v) is 7.21. The fraction of sp³-hybridized carbons (Fsp3) is 0.350. The maximum atomic E-state index is 12.6. The number of thioether (sulfide) groups is 1. The van der Waals surface area contributed by atoms with Gasteiger partial charge in [-0.2, -0.15) is 0 Å². The molecular weight excluding hydrogens is 414 g/mol. The molecule has 0 radical (unpaired) electrons. The van der Waals surface area contributed by atoms with Crippen LogP contribution >= 0.6 is 34.7 Å². The number of nitrogens with one attached hydrogen (secondary N) is 2. The highest BCUT2D eigenvalue weighted by Crippen LogP contribution is 2.36. The Bertz CT molecular complexity index is 1120. The predicted molar refractivity (Wildman–Crippen MR) is 117 cm³/mol. The van der Waals surface area contributed by atoms with Crippen LogP contribution in [0.15, 0.2) is 28.2 Å². The number of amides is 1. The number of hydrogen-bond donors (Lipinski definition) is 2. The van der Waals surface area contributed by atoms with Gasteiger partial charge in [0.05, 0.1) is 11.1 Å². The molecule has 0 bridgehead atoms. The van der Waals surface area contributed by atoms with E-state index in [4.69, 9.17) is 11.6 Å². The van der Waals surface area contributed by atoms with Crippen molar-refractivity contribution >= 4 is 56.5 Å². The molecule has 0 saturated carbocycles. The number of aryl methyl sites for hydroxylation is 2. The van der Waals surface area contributed by atoms with Crippen LogP contribution in [0.5, 0.6) is 0 Å². The number of hydrogen-bond acceptors (Lipinski definition) is 5. The first kappa shape index (κ1) is 19.5. The highest BCUT2D eigenvalue weighted by Gasteiger charge is 2.23. The molecule has 0 spiro atoms. The van der Waals surface area contributed by atoms with Crippen LogP contribution in [0, 0.1) is 12.8 Å². The summed E-state index contributed by atoms with van der Waals surface area (Å²) in [6.07, 6.45) is 3.06. The zero-order chi connectivity index (χ0) is 19.8. The van der Waals surface area contributed by atoms with Crippen LogP contribution in [0.4, 0.5) is 5.69 Å². The molecule has 0 saturated heterocycles. The molecule has 2 aromatic heterocycles. The fourth-order valence-electron chi connectivity index (χ4n) is 3.45. The smallest absolute Gasteiger partial charge is 0.260 e. The summed E-state index contributed by atoms with van der Waals surface area (Å²) in [6.45, 7) is 4.15. The minimum absolute atomic E-state index is 0.106. The van der Waals surface area contributed by atoms with Crippen molar-refractivity contribution in [2.45, 2.75) is 38.3 Å². The zero-order valence-electron chi connectivity index (χ0n) is 15.6. The van der Waals surface area contributed by atoms with E-state index in [1.807, 2.05) is 13.0 Å². The highest BCUT2D eigenvalue weighted by atomic mass is 35.5. The molecule has 3 aromatic rings. The maximum absolute atomic E-state index is 12.6. The molecule has 0 aliphatic heterocycles. The van der Waals surface area contributed by atoms with Crippen molar-refractivity contribution in [3.63, 3.8) is 0 Å². The third-order valence-electron chi connectivity index (χ3n) is 4.96. The molecule has 1 aromatic carbocycles. The molecule has 1 unspecified atom stereocenters. The van der Waals surface area contributed by atoms with Gasteiger partial charge in [0.2, 0.25) is 5.91 Å². The quantitative estimate of drug-likeness (QED) is 0.457. The number of thiophene rings is 1. The Hall–Kier alpha value is -1.83. The van der Waals surface area contributed by atoms with Crippen LogP contribution in [-0.2, 0) is 17.6 Å². The average molecular weight is 434 g/mol. The van der Waals surface area contributed by atoms with Gasteiger partial charge >= 0.3 is 0 Å². The van der Waals surface area contributed by atoms with E-state index in [2.05, 4.69) is 22.2 Å². The van der Waals surface area contributed by atoms with Gasteiger partial charge < -0.3 is 10.3 Å². The van der Waals surface area contributed by atoms with Crippen molar-refractivity contribution in [3.05, 3.63) is 49.6 Å². The molecule has 1 aliphatic rings. The SMILES string of the molecule is Cc1ccc(Cl)cc1NC(=O)CSc1nc2sc3c(c2c(=O)[nH]1)CCC(C)C3. The van der Waals surface area contributed by atoms with E-state index in [1.54, 1.807) is 23.5 Å². The van der Waals surface area contributed by atoms with Crippen molar-refractivity contribution in [1.29, 1.82) is 0 Å². The minimum Gasteiger partial charge on any atom is -0.325 e. The van der Waals surface area contributed by atoms with Crippen molar-refractivity contribution in [2.75, 3.05) is 11.1 Å². The van der Waals surface area contributed by atoms with E-state index < -0.39 is 0 Å². The molecular formula is C20H20ClN3O2S2. The summed E-state index contributed by atoms with van der Waals surface area (Å²) in [4.78, 5) is 34.4. The lowest BCUT2D eigenvalue weighted by atomic mass is 9.89. The van der Waals surface area contributed by atoms with Crippen molar-refractivity contribution < 1.29 is 4.79 Å². The summed E-state index contributed by atoms with van der Waals surface area (Å²) in [5.74, 6) is 0.632. The van der Waals surface area contributed by atoms with Gasteiger partial charge in [0, 0.05) is 15.6 Å². The number of carbonyl (C=O) groups is 1. The predicted octanol–water partition coefficient (Wildman–Crippen LogP) is 4.80. The van der Waals surface area contributed by atoms with E-state index in [9.17, 15) is 9.59 Å². The van der Waals surface area contributed by atoms with Crippen LogP contribution in [0.25, 0.3) is 10.2 Å². The number of carbonyl (C=O) groups excluding carboxylic acids is 1. The van der Waals surface area contributed by atoms with Crippen LogP contribution < -0.4 is 10.9 Å². The van der Waals surface area contributed by atoms with Gasteiger partial charge in [0.25, 0.3) is 5.56 Å². The largest absolute Gasteiger partial charge is 0.325 e. The summed E-state index contributed by atoms with van der Waals surface area (Å²) >= 11 is 8.83. The normalized spacial score (nSPS) is 16.2. The average Bonchev–Trinajstić information content (AvgIpc) is 3.00. The molecule has 8 heteroatoms. The molecule has 2 N–H and O–H groups in total. The number of halogens is 1. The second-order valence-corrected chi connectivity index (χ2v) is 9.68. The van der Waals surface area contributed by atoms with Gasteiger partial charge in [-0.05, 0) is 55.4 Å². The Balaban J connectivity index is 1.50. The Morgan fingerprint density at radius 1 is 1.46 bits per heavy atom. The van der Waals surface area contributed by atoms with Crippen molar-refractivity contribution in [1.82, 2.24) is 9.97 Å². The minimum atomic E-state index is -0.169. The molecule has 4 rings (SSSR count). The third kappa shape index (κ3) is 3.97. The number of fused-ring (bicyclic) bond motifs is 3. The standard InChI is InChI=1S/C20H20ClN3O2S2/c1-10-3-6-13-15(7-10)28-19-17(13)18(26)23-20(24-19)27-9-16(25)22-14-8-12(21)5-4-11(14)2/h4-5,8,10H,3,6-7,9H2,1-2H3,(H,22,25)(H,23,24,26). The van der Waals surface area contributed by atoms with Crippen molar-refractivity contribution in [2.24, 2.45) is 5.92 Å². The molecule has 1 amide bonds. The van der Waals surface area contributed by atoms with Crippen molar-refractivity contribution in [3.8, 4) is 0 Å². The number of anilines is 1. The van der Waals surface area contributed by atoms with Gasteiger partial charge in [-0.25, -0.2) is 4.98 Å². The fourth-order valence-corrected chi connectivity index (χ4v) is 5.72. The maximum Gasteiger partial charge on any atom is 0.260 e. The summed E-state index contributed by atoms with van der Waals surface area (Å²) in [7, 11) is 0. The molecule has 2 heterocycles. The lowest BCUT2D eigenvalue weighted by Crippen LogP contribution is -2.16. The Morgan fingerprint density at radius 2 is 2.29 bits per heavy atom. The lowest BCUT2D eigenvalue weighted by Gasteiger charge is -2.17. The number of rotatable bonds is 4. The molecule has 28 heavy (non-hydrogen) atoms. The lowest BCUT2D eigenvalue weighted by molar-refractivity contribution is -0.113. The van der Waals surface area contributed by atoms with Gasteiger partial charge in [-0.3, -0.25) is 9.59 Å². The number of benzene rings is 1. The summed E-state index contributed by atoms with van der Waals surface area (Å²) in [6, 6.07) is 5.37. The first-order chi connectivity index (χ1) is 13.4. The topological polar surface area (TPSA) is 74.8 Å². The number of nitrogens with zero attached hydrogens (tertiary/aromatic N) is 1. The van der Waals surface area contributed by atoms with Crippen LogP contribution in [0.3, 0.4) is 0 Å².